The van der Waals surface area contributed by atoms with Crippen LogP contribution in [0.5, 0.6) is 0 Å². The van der Waals surface area contributed by atoms with E-state index in [4.69, 9.17) is 9.57 Å². The lowest BCUT2D eigenvalue weighted by molar-refractivity contribution is -0.146. The predicted octanol–water partition coefficient (Wildman–Crippen LogP) is 3.85. The van der Waals surface area contributed by atoms with E-state index in [2.05, 4.69) is 6.58 Å². The third-order valence-electron chi connectivity index (χ3n) is 3.01. The molecule has 0 spiro atoms. The maximum absolute atomic E-state index is 12.1. The van der Waals surface area contributed by atoms with Gasteiger partial charge >= 0.3 is 6.09 Å². The van der Waals surface area contributed by atoms with Gasteiger partial charge in [0, 0.05) is 6.42 Å². The van der Waals surface area contributed by atoms with Gasteiger partial charge in [-0.05, 0) is 26.3 Å². The van der Waals surface area contributed by atoms with Gasteiger partial charge in [-0.2, -0.15) is 5.06 Å². The van der Waals surface area contributed by atoms with E-state index in [0.717, 1.165) is 5.56 Å². The molecule has 0 unspecified atom stereocenters. The summed E-state index contributed by atoms with van der Waals surface area (Å²) < 4.78 is 5.35. The minimum atomic E-state index is -0.545. The summed E-state index contributed by atoms with van der Waals surface area (Å²) in [5, 5.41) is 1.29. The van der Waals surface area contributed by atoms with E-state index in [1.54, 1.807) is 6.08 Å². The maximum Gasteiger partial charge on any atom is 0.435 e. The average molecular weight is 275 g/mol. The molecule has 0 aliphatic carbocycles. The Morgan fingerprint density at radius 2 is 2.05 bits per heavy atom. The summed E-state index contributed by atoms with van der Waals surface area (Å²) in [4.78, 5) is 17.9. The van der Waals surface area contributed by atoms with Crippen molar-refractivity contribution in [2.24, 2.45) is 0 Å². The molecule has 4 nitrogen and oxygen atoms in total. The van der Waals surface area contributed by atoms with Crippen molar-refractivity contribution >= 4 is 6.09 Å². The number of carbonyl (C=O) groups is 1. The number of hydrogen-bond acceptors (Lipinski definition) is 3. The number of carbonyl (C=O) groups excluding carboxylic acids is 1. The van der Waals surface area contributed by atoms with Gasteiger partial charge < -0.3 is 4.74 Å². The molecule has 0 bridgehead atoms. The van der Waals surface area contributed by atoms with Crippen molar-refractivity contribution in [3.8, 4) is 0 Å². The summed E-state index contributed by atoms with van der Waals surface area (Å²) in [5.74, 6) is 0. The lowest BCUT2D eigenvalue weighted by atomic mass is 10.0. The van der Waals surface area contributed by atoms with Gasteiger partial charge in [0.15, 0.2) is 0 Å². The van der Waals surface area contributed by atoms with Crippen LogP contribution in [0.2, 0.25) is 0 Å². The molecule has 1 aromatic rings. The Morgan fingerprint density at radius 3 is 2.60 bits per heavy atom. The minimum Gasteiger partial charge on any atom is -0.442 e. The van der Waals surface area contributed by atoms with Crippen LogP contribution >= 0.6 is 0 Å². The summed E-state index contributed by atoms with van der Waals surface area (Å²) in [6.07, 6.45) is 1.78. The first-order chi connectivity index (χ1) is 9.40. The Morgan fingerprint density at radius 1 is 1.40 bits per heavy atom. The largest absolute Gasteiger partial charge is 0.442 e. The number of hydroxylamine groups is 2. The second-order valence-corrected chi connectivity index (χ2v) is 5.85. The molecule has 1 aliphatic rings. The summed E-state index contributed by atoms with van der Waals surface area (Å²) >= 11 is 0. The average Bonchev–Trinajstić information content (AvgIpc) is 2.82. The van der Waals surface area contributed by atoms with Crippen molar-refractivity contribution < 1.29 is 14.4 Å². The van der Waals surface area contributed by atoms with Gasteiger partial charge in [0.2, 0.25) is 0 Å². The third-order valence-corrected chi connectivity index (χ3v) is 3.01. The van der Waals surface area contributed by atoms with Crippen molar-refractivity contribution in [1.29, 1.82) is 0 Å². The van der Waals surface area contributed by atoms with Gasteiger partial charge in [0.05, 0.1) is 6.04 Å². The van der Waals surface area contributed by atoms with Crippen LogP contribution in [-0.4, -0.2) is 22.8 Å². The van der Waals surface area contributed by atoms with E-state index in [0.29, 0.717) is 6.42 Å². The number of hydrogen-bond donors (Lipinski definition) is 0. The Hall–Kier alpha value is -1.81. The Labute approximate surface area is 119 Å². The molecule has 4 heteroatoms. The molecule has 20 heavy (non-hydrogen) atoms. The molecule has 2 rings (SSSR count). The van der Waals surface area contributed by atoms with Crippen molar-refractivity contribution in [3.63, 3.8) is 0 Å². The third kappa shape index (κ3) is 3.39. The molecule has 0 saturated carbocycles. The number of ether oxygens (including phenoxy) is 1. The van der Waals surface area contributed by atoms with E-state index in [1.165, 1.54) is 5.06 Å². The highest BCUT2D eigenvalue weighted by Crippen LogP contribution is 2.34. The molecule has 1 aliphatic heterocycles. The Balaban J connectivity index is 2.11. The van der Waals surface area contributed by atoms with Crippen LogP contribution in [0, 0.1) is 0 Å². The first-order valence-electron chi connectivity index (χ1n) is 6.77. The first-order valence-corrected chi connectivity index (χ1v) is 6.77. The minimum absolute atomic E-state index is 0.147. The highest BCUT2D eigenvalue weighted by Gasteiger charge is 2.38. The summed E-state index contributed by atoms with van der Waals surface area (Å²) in [5.41, 5.74) is 0.502. The number of rotatable bonds is 2. The summed E-state index contributed by atoms with van der Waals surface area (Å²) in [6.45, 7) is 9.27. The van der Waals surface area contributed by atoms with Gasteiger partial charge in [-0.3, -0.25) is 4.84 Å². The molecule has 0 N–H and O–H groups in total. The van der Waals surface area contributed by atoms with Crippen LogP contribution in [0.3, 0.4) is 0 Å². The number of benzene rings is 1. The monoisotopic (exact) mass is 275 g/mol. The zero-order valence-electron chi connectivity index (χ0n) is 12.2. The quantitative estimate of drug-likeness (QED) is 0.769. The predicted molar refractivity (Wildman–Crippen MR) is 76.9 cm³/mol. The standard InChI is InChI=1S/C16H21NO3/c1-5-13-11-14(12-9-7-6-8-10-12)20-17(13)15(18)19-16(2,3)4/h5-10,13-14H,1,11H2,2-4H3/t13-,14-/m0/s1. The smallest absolute Gasteiger partial charge is 0.435 e. The molecule has 1 aromatic carbocycles. The van der Waals surface area contributed by atoms with Crippen LogP contribution in [0.4, 0.5) is 4.79 Å². The van der Waals surface area contributed by atoms with Crippen LogP contribution in [0.1, 0.15) is 38.9 Å². The molecular formula is C16H21NO3. The SMILES string of the molecule is C=C[C@H]1C[C@@H](c2ccccc2)ON1C(=O)OC(C)(C)C. The lowest BCUT2D eigenvalue weighted by Gasteiger charge is -2.26. The van der Waals surface area contributed by atoms with Crippen LogP contribution < -0.4 is 0 Å². The Bertz CT molecular complexity index is 478. The van der Waals surface area contributed by atoms with Crippen molar-refractivity contribution in [2.45, 2.75) is 44.9 Å². The molecule has 1 fully saturated rings. The topological polar surface area (TPSA) is 38.8 Å². The summed E-state index contributed by atoms with van der Waals surface area (Å²) in [7, 11) is 0. The first kappa shape index (κ1) is 14.6. The van der Waals surface area contributed by atoms with Gasteiger partial charge in [0.25, 0.3) is 0 Å². The van der Waals surface area contributed by atoms with Crippen LogP contribution in [-0.2, 0) is 9.57 Å². The lowest BCUT2D eigenvalue weighted by Crippen LogP contribution is -2.38. The van der Waals surface area contributed by atoms with E-state index >= 15 is 0 Å². The molecule has 0 aromatic heterocycles. The number of amides is 1. The molecule has 0 radical (unpaired) electrons. The maximum atomic E-state index is 12.1. The Kier molecular flexibility index (Phi) is 4.14. The van der Waals surface area contributed by atoms with Crippen molar-refractivity contribution in [1.82, 2.24) is 5.06 Å². The fraction of sp³-hybridized carbons (Fsp3) is 0.438. The van der Waals surface area contributed by atoms with Gasteiger partial charge in [-0.1, -0.05) is 36.4 Å². The molecule has 1 amide bonds. The second-order valence-electron chi connectivity index (χ2n) is 5.85. The van der Waals surface area contributed by atoms with E-state index in [-0.39, 0.29) is 12.1 Å². The van der Waals surface area contributed by atoms with Gasteiger partial charge in [0.1, 0.15) is 11.7 Å². The van der Waals surface area contributed by atoms with Crippen molar-refractivity contribution in [3.05, 3.63) is 48.6 Å². The highest BCUT2D eigenvalue weighted by molar-refractivity contribution is 5.68. The highest BCUT2D eigenvalue weighted by atomic mass is 16.7. The molecular weight excluding hydrogens is 254 g/mol. The second kappa shape index (κ2) is 5.67. The molecule has 2 atom stereocenters. The zero-order valence-corrected chi connectivity index (χ0v) is 12.2. The summed E-state index contributed by atoms with van der Waals surface area (Å²) in [6, 6.07) is 9.67. The zero-order chi connectivity index (χ0) is 14.8. The van der Waals surface area contributed by atoms with E-state index < -0.39 is 11.7 Å². The normalized spacial score (nSPS) is 22.6. The van der Waals surface area contributed by atoms with E-state index in [1.807, 2.05) is 51.1 Å². The van der Waals surface area contributed by atoms with Gasteiger partial charge in [-0.25, -0.2) is 4.79 Å². The van der Waals surface area contributed by atoms with E-state index in [9.17, 15) is 4.79 Å². The molecule has 1 saturated heterocycles. The van der Waals surface area contributed by atoms with Crippen LogP contribution in [0.25, 0.3) is 0 Å². The van der Waals surface area contributed by atoms with Crippen molar-refractivity contribution in [2.75, 3.05) is 0 Å². The fourth-order valence-electron chi connectivity index (χ4n) is 2.12. The van der Waals surface area contributed by atoms with Crippen LogP contribution in [0.15, 0.2) is 43.0 Å². The fourth-order valence-corrected chi connectivity index (χ4v) is 2.12. The van der Waals surface area contributed by atoms with Gasteiger partial charge in [-0.15, -0.1) is 6.58 Å². The molecule has 1 heterocycles. The number of nitrogens with zero attached hydrogens (tertiary/aromatic N) is 1. The molecule has 108 valence electrons.